The van der Waals surface area contributed by atoms with Gasteiger partial charge in [0.15, 0.2) is 0 Å². The number of aromatic hydroxyl groups is 1. The molecule has 2 aliphatic heterocycles. The summed E-state index contributed by atoms with van der Waals surface area (Å²) in [6, 6.07) is 12.4. The maximum absolute atomic E-state index is 13.8. The summed E-state index contributed by atoms with van der Waals surface area (Å²) in [6.45, 7) is 2.80. The zero-order chi connectivity index (χ0) is 24.3. The van der Waals surface area contributed by atoms with Crippen LogP contribution in [0.3, 0.4) is 0 Å². The van der Waals surface area contributed by atoms with Crippen molar-refractivity contribution in [3.05, 3.63) is 59.3 Å². The van der Waals surface area contributed by atoms with Crippen LogP contribution in [0.5, 0.6) is 11.5 Å². The first kappa shape index (κ1) is 22.0. The number of benzene rings is 2. The van der Waals surface area contributed by atoms with Gasteiger partial charge in [0, 0.05) is 42.1 Å². The Hall–Kier alpha value is -3.52. The summed E-state index contributed by atoms with van der Waals surface area (Å²) in [6.07, 6.45) is 3.93. The highest BCUT2D eigenvalue weighted by atomic mass is 16.5. The van der Waals surface area contributed by atoms with Crippen molar-refractivity contribution in [1.82, 2.24) is 20.1 Å². The van der Waals surface area contributed by atoms with Crippen molar-refractivity contribution in [3.63, 3.8) is 0 Å². The molecule has 1 saturated carbocycles. The summed E-state index contributed by atoms with van der Waals surface area (Å²) in [7, 11) is 1.63. The van der Waals surface area contributed by atoms with Crippen LogP contribution in [0.2, 0.25) is 0 Å². The van der Waals surface area contributed by atoms with E-state index >= 15 is 0 Å². The number of methoxy groups -OCH3 is 1. The second-order valence-corrected chi connectivity index (χ2v) is 10.1. The number of urea groups is 1. The highest BCUT2D eigenvalue weighted by Gasteiger charge is 2.60. The second-order valence-electron chi connectivity index (χ2n) is 10.1. The number of aromatic nitrogens is 1. The van der Waals surface area contributed by atoms with Gasteiger partial charge in [0.05, 0.1) is 7.11 Å². The SMILES string of the molecule is COc1ccc2[nH]c3c(c2c1)CC1(C)C(=O)N(CCNC2CCC2)C(=O)N1C3c1cccc(O)c1. The number of ether oxygens (including phenoxy) is 1. The lowest BCUT2D eigenvalue weighted by Gasteiger charge is -2.42. The molecule has 3 N–H and O–H groups in total. The van der Waals surface area contributed by atoms with Gasteiger partial charge in [-0.2, -0.15) is 0 Å². The summed E-state index contributed by atoms with van der Waals surface area (Å²) in [5, 5.41) is 14.7. The number of hydrogen-bond donors (Lipinski definition) is 3. The van der Waals surface area contributed by atoms with Crippen molar-refractivity contribution in [1.29, 1.82) is 0 Å². The molecule has 1 aromatic heterocycles. The van der Waals surface area contributed by atoms with Crippen LogP contribution in [0.25, 0.3) is 10.9 Å². The number of phenolic OH excluding ortho intramolecular Hbond substituents is 1. The number of H-pyrrole nitrogens is 1. The first-order valence-electron chi connectivity index (χ1n) is 12.3. The quantitative estimate of drug-likeness (QED) is 0.474. The normalized spacial score (nSPS) is 24.0. The number of phenols is 1. The lowest BCUT2D eigenvalue weighted by Crippen LogP contribution is -2.53. The van der Waals surface area contributed by atoms with Crippen LogP contribution in [0.15, 0.2) is 42.5 Å². The van der Waals surface area contributed by atoms with Crippen molar-refractivity contribution in [2.45, 2.75) is 50.2 Å². The minimum Gasteiger partial charge on any atom is -0.508 e. The predicted molar refractivity (Wildman–Crippen MR) is 131 cm³/mol. The van der Waals surface area contributed by atoms with E-state index in [1.807, 2.05) is 31.2 Å². The Bertz CT molecular complexity index is 1330. The molecule has 8 heteroatoms. The molecule has 2 aromatic carbocycles. The van der Waals surface area contributed by atoms with Crippen LogP contribution in [0.1, 0.15) is 49.0 Å². The topological polar surface area (TPSA) is 97.9 Å². The molecule has 2 unspecified atom stereocenters. The van der Waals surface area contributed by atoms with E-state index in [1.165, 1.54) is 11.3 Å². The first-order valence-corrected chi connectivity index (χ1v) is 12.3. The molecule has 3 aliphatic rings. The summed E-state index contributed by atoms with van der Waals surface area (Å²) >= 11 is 0. The molecule has 6 rings (SSSR count). The predicted octanol–water partition coefficient (Wildman–Crippen LogP) is 3.69. The van der Waals surface area contributed by atoms with E-state index in [2.05, 4.69) is 10.3 Å². The van der Waals surface area contributed by atoms with Gasteiger partial charge in [0.2, 0.25) is 0 Å². The van der Waals surface area contributed by atoms with E-state index in [4.69, 9.17) is 4.74 Å². The molecule has 1 aliphatic carbocycles. The molecule has 3 amide bonds. The molecule has 3 aromatic rings. The van der Waals surface area contributed by atoms with E-state index in [-0.39, 0.29) is 17.7 Å². The number of aromatic amines is 1. The van der Waals surface area contributed by atoms with Crippen molar-refractivity contribution >= 4 is 22.8 Å². The molecule has 2 atom stereocenters. The lowest BCUT2D eigenvalue weighted by atomic mass is 9.81. The zero-order valence-electron chi connectivity index (χ0n) is 20.0. The van der Waals surface area contributed by atoms with E-state index in [0.717, 1.165) is 46.3 Å². The molecule has 8 nitrogen and oxygen atoms in total. The lowest BCUT2D eigenvalue weighted by molar-refractivity contribution is -0.133. The Morgan fingerprint density at radius 1 is 1.20 bits per heavy atom. The smallest absolute Gasteiger partial charge is 0.328 e. The summed E-state index contributed by atoms with van der Waals surface area (Å²) in [5.41, 5.74) is 2.52. The average molecular weight is 475 g/mol. The van der Waals surface area contributed by atoms with Crippen LogP contribution < -0.4 is 10.1 Å². The van der Waals surface area contributed by atoms with Crippen LogP contribution >= 0.6 is 0 Å². The fraction of sp³-hybridized carbons (Fsp3) is 0.407. The number of amides is 3. The Balaban J connectivity index is 1.45. The zero-order valence-corrected chi connectivity index (χ0v) is 20.0. The van der Waals surface area contributed by atoms with Crippen molar-refractivity contribution in [3.8, 4) is 11.5 Å². The molecule has 3 heterocycles. The number of carbonyl (C=O) groups is 2. The number of nitrogens with zero attached hydrogens (tertiary/aromatic N) is 2. The molecule has 2 fully saturated rings. The van der Waals surface area contributed by atoms with Gasteiger partial charge in [-0.25, -0.2) is 4.79 Å². The third-order valence-corrected chi connectivity index (χ3v) is 7.93. The van der Waals surface area contributed by atoms with Gasteiger partial charge in [-0.05, 0) is 61.2 Å². The molecule has 0 bridgehead atoms. The van der Waals surface area contributed by atoms with E-state index in [0.29, 0.717) is 25.6 Å². The number of imide groups is 1. The van der Waals surface area contributed by atoms with Crippen molar-refractivity contribution in [2.75, 3.05) is 20.2 Å². The van der Waals surface area contributed by atoms with Gasteiger partial charge in [-0.15, -0.1) is 0 Å². The summed E-state index contributed by atoms with van der Waals surface area (Å²) in [5.74, 6) is 0.679. The third kappa shape index (κ3) is 3.31. The van der Waals surface area contributed by atoms with Crippen molar-refractivity contribution < 1.29 is 19.4 Å². The minimum atomic E-state index is -1.03. The van der Waals surface area contributed by atoms with Gasteiger partial charge in [-0.1, -0.05) is 18.6 Å². The number of carbonyl (C=O) groups excluding carboxylic acids is 2. The second kappa shape index (κ2) is 8.02. The average Bonchev–Trinajstić information content (AvgIpc) is 3.26. The van der Waals surface area contributed by atoms with Gasteiger partial charge < -0.3 is 20.1 Å². The molecule has 35 heavy (non-hydrogen) atoms. The highest BCUT2D eigenvalue weighted by molar-refractivity contribution is 6.08. The van der Waals surface area contributed by atoms with Crippen molar-refractivity contribution in [2.24, 2.45) is 0 Å². The maximum Gasteiger partial charge on any atom is 0.328 e. The fourth-order valence-electron chi connectivity index (χ4n) is 5.85. The molecule has 0 radical (unpaired) electrons. The van der Waals surface area contributed by atoms with Gasteiger partial charge in [0.25, 0.3) is 5.91 Å². The van der Waals surface area contributed by atoms with E-state index in [9.17, 15) is 14.7 Å². The maximum atomic E-state index is 13.8. The van der Waals surface area contributed by atoms with E-state index in [1.54, 1.807) is 30.2 Å². The van der Waals surface area contributed by atoms with Crippen LogP contribution in [0, 0.1) is 0 Å². The Morgan fingerprint density at radius 2 is 2.03 bits per heavy atom. The largest absolute Gasteiger partial charge is 0.508 e. The summed E-state index contributed by atoms with van der Waals surface area (Å²) < 4.78 is 5.46. The minimum absolute atomic E-state index is 0.119. The van der Waals surface area contributed by atoms with Crippen LogP contribution in [0.4, 0.5) is 4.79 Å². The van der Waals surface area contributed by atoms with Gasteiger partial charge >= 0.3 is 6.03 Å². The number of fused-ring (bicyclic) bond motifs is 4. The fourth-order valence-corrected chi connectivity index (χ4v) is 5.85. The number of hydrogen-bond acceptors (Lipinski definition) is 5. The van der Waals surface area contributed by atoms with Crippen LogP contribution in [-0.2, 0) is 11.2 Å². The third-order valence-electron chi connectivity index (χ3n) is 7.93. The Labute approximate surface area is 203 Å². The Morgan fingerprint density at radius 3 is 2.74 bits per heavy atom. The molecule has 0 spiro atoms. The monoisotopic (exact) mass is 474 g/mol. The summed E-state index contributed by atoms with van der Waals surface area (Å²) in [4.78, 5) is 34.3. The molecule has 1 saturated heterocycles. The first-order chi connectivity index (χ1) is 16.9. The molecular weight excluding hydrogens is 444 g/mol. The van der Waals surface area contributed by atoms with Crippen LogP contribution in [-0.4, -0.2) is 63.6 Å². The van der Waals surface area contributed by atoms with Gasteiger partial charge in [-0.3, -0.25) is 14.6 Å². The molecule has 182 valence electrons. The Kier molecular flexibility index (Phi) is 5.03. The highest BCUT2D eigenvalue weighted by Crippen LogP contribution is 2.49. The standard InChI is InChI=1S/C27H30N4O4/c1-27-15-21-20-14-19(35-2)9-10-22(20)29-23(21)24(16-5-3-8-18(32)13-16)31(27)26(34)30(25(27)33)12-11-28-17-6-4-7-17/h3,5,8-10,13-14,17,24,28-29,32H,4,6-7,11-12,15H2,1-2H3. The molecular formula is C27H30N4O4. The van der Waals surface area contributed by atoms with Gasteiger partial charge in [0.1, 0.15) is 23.1 Å². The van der Waals surface area contributed by atoms with E-state index < -0.39 is 11.6 Å². The number of rotatable bonds is 6. The number of nitrogens with one attached hydrogen (secondary N) is 2.